The zero-order valence-electron chi connectivity index (χ0n) is 24.5. The Morgan fingerprint density at radius 2 is 1.95 bits per heavy atom. The van der Waals surface area contributed by atoms with Crippen LogP contribution in [0.2, 0.25) is 5.02 Å². The molecular formula is C35H40ClFN2O3. The van der Waals surface area contributed by atoms with Gasteiger partial charge >= 0.3 is 5.97 Å². The van der Waals surface area contributed by atoms with E-state index in [1.54, 1.807) is 6.20 Å². The Kier molecular flexibility index (Phi) is 8.19. The molecule has 1 spiro atoms. The van der Waals surface area contributed by atoms with Crippen LogP contribution >= 0.6 is 11.6 Å². The zero-order valence-corrected chi connectivity index (χ0v) is 25.3. The third kappa shape index (κ3) is 5.39. The smallest absolute Gasteiger partial charge is 0.331 e. The molecule has 0 aliphatic heterocycles. The van der Waals surface area contributed by atoms with Crippen LogP contribution in [0.15, 0.2) is 60.8 Å². The zero-order chi connectivity index (χ0) is 29.3. The summed E-state index contributed by atoms with van der Waals surface area (Å²) in [4.78, 5) is 17.8. The van der Waals surface area contributed by atoms with Crippen LogP contribution in [-0.4, -0.2) is 36.4 Å². The molecule has 1 saturated carbocycles. The highest BCUT2D eigenvalue weighted by Crippen LogP contribution is 2.56. The average molecular weight is 591 g/mol. The maximum Gasteiger partial charge on any atom is 0.331 e. The van der Waals surface area contributed by atoms with Gasteiger partial charge in [0, 0.05) is 28.2 Å². The molecule has 5 nitrogen and oxygen atoms in total. The molecule has 3 aliphatic carbocycles. The summed E-state index contributed by atoms with van der Waals surface area (Å²) < 4.78 is 27.3. The summed E-state index contributed by atoms with van der Waals surface area (Å²) in [7, 11) is 1.44. The first-order valence-corrected chi connectivity index (χ1v) is 15.7. The van der Waals surface area contributed by atoms with Crippen molar-refractivity contribution in [1.29, 1.82) is 0 Å². The summed E-state index contributed by atoms with van der Waals surface area (Å²) in [5, 5.41) is 4.09. The Bertz CT molecular complexity index is 1440. The van der Waals surface area contributed by atoms with Crippen LogP contribution in [0, 0.1) is 5.92 Å². The van der Waals surface area contributed by atoms with E-state index in [0.717, 1.165) is 61.2 Å². The van der Waals surface area contributed by atoms with Gasteiger partial charge in [-0.25, -0.2) is 9.18 Å². The first kappa shape index (κ1) is 29.0. The second kappa shape index (κ2) is 11.9. The van der Waals surface area contributed by atoms with Crippen molar-refractivity contribution in [2.75, 3.05) is 19.0 Å². The van der Waals surface area contributed by atoms with Crippen LogP contribution in [-0.2, 0) is 27.8 Å². The summed E-state index contributed by atoms with van der Waals surface area (Å²) in [6.45, 7) is 2.24. The van der Waals surface area contributed by atoms with Crippen molar-refractivity contribution in [3.63, 3.8) is 0 Å². The summed E-state index contributed by atoms with van der Waals surface area (Å²) in [6, 6.07) is 17.9. The third-order valence-electron chi connectivity index (χ3n) is 10.1. The number of hydrogen-bond acceptors (Lipinski definition) is 5. The summed E-state index contributed by atoms with van der Waals surface area (Å²) in [5.41, 5.74) is 4.58. The molecular weight excluding hydrogens is 551 g/mol. The lowest BCUT2D eigenvalue weighted by Gasteiger charge is -2.47. The minimum absolute atomic E-state index is 0.0362. The van der Waals surface area contributed by atoms with Gasteiger partial charge in [0.25, 0.3) is 0 Å². The van der Waals surface area contributed by atoms with E-state index in [0.29, 0.717) is 30.2 Å². The number of benzene rings is 2. The van der Waals surface area contributed by atoms with Gasteiger partial charge in [-0.1, -0.05) is 48.9 Å². The molecule has 1 heterocycles. The van der Waals surface area contributed by atoms with Gasteiger partial charge in [-0.3, -0.25) is 4.98 Å². The van der Waals surface area contributed by atoms with Gasteiger partial charge < -0.3 is 14.8 Å². The van der Waals surface area contributed by atoms with Gasteiger partial charge in [-0.05, 0) is 110 Å². The van der Waals surface area contributed by atoms with Gasteiger partial charge in [-0.2, -0.15) is 0 Å². The molecule has 0 radical (unpaired) electrons. The largest absolute Gasteiger partial charge is 0.490 e. The molecule has 2 aromatic carbocycles. The van der Waals surface area contributed by atoms with Crippen molar-refractivity contribution in [3.05, 3.63) is 88.2 Å². The SMILES string of the molecule is COC(=O)C1(Nc2cccc(Cl)c2)CCC2(CC1)c1ccccc1CC2CC(F)COc1ccnc2c1[C@H](C)CCC2. The number of nitrogens with zero attached hydrogens (tertiary/aromatic N) is 1. The summed E-state index contributed by atoms with van der Waals surface area (Å²) >= 11 is 6.25. The van der Waals surface area contributed by atoms with E-state index >= 15 is 4.39 Å². The van der Waals surface area contributed by atoms with E-state index < -0.39 is 11.7 Å². The fraction of sp³-hybridized carbons (Fsp3) is 0.486. The minimum Gasteiger partial charge on any atom is -0.490 e. The fourth-order valence-electron chi connectivity index (χ4n) is 8.02. The lowest BCUT2D eigenvalue weighted by Crippen LogP contribution is -2.53. The fourth-order valence-corrected chi connectivity index (χ4v) is 8.21. The molecule has 1 N–H and O–H groups in total. The molecule has 3 aromatic rings. The molecule has 0 bridgehead atoms. The first-order chi connectivity index (χ1) is 20.3. The summed E-state index contributed by atoms with van der Waals surface area (Å²) in [6.07, 6.45) is 7.85. The molecule has 3 atom stereocenters. The number of halogens is 2. The molecule has 42 heavy (non-hydrogen) atoms. The molecule has 6 rings (SSSR count). The van der Waals surface area contributed by atoms with Crippen molar-refractivity contribution >= 4 is 23.3 Å². The van der Waals surface area contributed by atoms with Gasteiger partial charge in [0.2, 0.25) is 0 Å². The molecule has 7 heteroatoms. The average Bonchev–Trinajstić information content (AvgIpc) is 3.29. The Hall–Kier alpha value is -3.12. The number of ether oxygens (including phenoxy) is 2. The van der Waals surface area contributed by atoms with Crippen molar-refractivity contribution in [1.82, 2.24) is 4.98 Å². The number of carbonyl (C=O) groups excluding carboxylic acids is 1. The molecule has 1 aromatic heterocycles. The number of carbonyl (C=O) groups is 1. The number of fused-ring (bicyclic) bond motifs is 3. The topological polar surface area (TPSA) is 60.5 Å². The number of alkyl halides is 1. The number of methoxy groups -OCH3 is 1. The van der Waals surface area contributed by atoms with Crippen LogP contribution in [0.5, 0.6) is 5.75 Å². The van der Waals surface area contributed by atoms with E-state index in [9.17, 15) is 4.79 Å². The van der Waals surface area contributed by atoms with Gasteiger partial charge in [0.05, 0.1) is 7.11 Å². The molecule has 0 amide bonds. The van der Waals surface area contributed by atoms with E-state index in [2.05, 4.69) is 41.5 Å². The number of pyridine rings is 1. The van der Waals surface area contributed by atoms with Crippen LogP contribution in [0.1, 0.15) is 80.2 Å². The van der Waals surface area contributed by atoms with Gasteiger partial charge in [-0.15, -0.1) is 0 Å². The number of anilines is 1. The molecule has 2 unspecified atom stereocenters. The normalized spacial score (nSPS) is 27.1. The lowest BCUT2D eigenvalue weighted by molar-refractivity contribution is -0.148. The molecule has 222 valence electrons. The van der Waals surface area contributed by atoms with E-state index in [4.69, 9.17) is 21.1 Å². The number of aromatic nitrogens is 1. The third-order valence-corrected chi connectivity index (χ3v) is 10.4. The van der Waals surface area contributed by atoms with Crippen molar-refractivity contribution < 1.29 is 18.7 Å². The first-order valence-electron chi connectivity index (χ1n) is 15.3. The standard InChI is InChI=1S/C35H40ClFN2O3/c1-23-7-5-12-30-32(23)31(13-18-38-30)42-22-27(37)20-25-19-24-8-3-4-11-29(24)34(25)14-16-35(17-15-34,33(40)41-2)39-28-10-6-9-26(36)21-28/h3-4,6,8-11,13,18,21,23,25,27,39H,5,7,12,14-17,19-20,22H2,1-2H3/t23-,25?,27?,34?,35?/m1/s1. The highest BCUT2D eigenvalue weighted by Gasteiger charge is 2.54. The number of aryl methyl sites for hydroxylation is 1. The minimum atomic E-state index is -1.10. The van der Waals surface area contributed by atoms with Crippen LogP contribution in [0.25, 0.3) is 0 Å². The Labute approximate surface area is 253 Å². The van der Waals surface area contributed by atoms with E-state index in [-0.39, 0.29) is 23.9 Å². The van der Waals surface area contributed by atoms with E-state index in [1.165, 1.54) is 18.2 Å². The molecule has 3 aliphatic rings. The number of esters is 1. The number of hydrogen-bond donors (Lipinski definition) is 1. The maximum atomic E-state index is 15.9. The highest BCUT2D eigenvalue weighted by molar-refractivity contribution is 6.30. The predicted octanol–water partition coefficient (Wildman–Crippen LogP) is 7.99. The maximum absolute atomic E-state index is 15.9. The Morgan fingerprint density at radius 1 is 1.14 bits per heavy atom. The van der Waals surface area contributed by atoms with Crippen LogP contribution < -0.4 is 10.1 Å². The van der Waals surface area contributed by atoms with Crippen molar-refractivity contribution in [3.8, 4) is 5.75 Å². The number of rotatable bonds is 8. The van der Waals surface area contributed by atoms with Crippen molar-refractivity contribution in [2.24, 2.45) is 5.92 Å². The number of nitrogens with one attached hydrogen (secondary N) is 1. The monoisotopic (exact) mass is 590 g/mol. The van der Waals surface area contributed by atoms with Crippen LogP contribution in [0.3, 0.4) is 0 Å². The molecule has 1 fully saturated rings. The van der Waals surface area contributed by atoms with Gasteiger partial charge in [0.1, 0.15) is 24.1 Å². The summed E-state index contributed by atoms with van der Waals surface area (Å²) in [5.74, 6) is 1.01. The molecule has 0 saturated heterocycles. The highest BCUT2D eigenvalue weighted by atomic mass is 35.5. The van der Waals surface area contributed by atoms with Crippen molar-refractivity contribution in [2.45, 2.75) is 87.8 Å². The Morgan fingerprint density at radius 3 is 2.74 bits per heavy atom. The van der Waals surface area contributed by atoms with Crippen LogP contribution in [0.4, 0.5) is 10.1 Å². The van der Waals surface area contributed by atoms with E-state index in [1.807, 2.05) is 30.3 Å². The predicted molar refractivity (Wildman–Crippen MR) is 164 cm³/mol. The quantitative estimate of drug-likeness (QED) is 0.269. The second-order valence-electron chi connectivity index (χ2n) is 12.5. The lowest BCUT2D eigenvalue weighted by atomic mass is 9.60. The Balaban J connectivity index is 1.20. The second-order valence-corrected chi connectivity index (χ2v) is 13.0. The van der Waals surface area contributed by atoms with Gasteiger partial charge in [0.15, 0.2) is 0 Å².